The number of carbonyl (C=O) groups excluding carboxylic acids is 1. The van der Waals surface area contributed by atoms with Gasteiger partial charge >= 0.3 is 11.6 Å². The maximum absolute atomic E-state index is 12.6. The van der Waals surface area contributed by atoms with E-state index in [-0.39, 0.29) is 12.4 Å². The van der Waals surface area contributed by atoms with Gasteiger partial charge in [-0.15, -0.1) is 0 Å². The van der Waals surface area contributed by atoms with Crippen LogP contribution in [0.3, 0.4) is 0 Å². The zero-order valence-corrected chi connectivity index (χ0v) is 17.5. The fourth-order valence-electron chi connectivity index (χ4n) is 4.08. The van der Waals surface area contributed by atoms with E-state index in [0.29, 0.717) is 30.9 Å². The number of furan rings is 1. The average molecular weight is 412 g/mol. The van der Waals surface area contributed by atoms with Crippen molar-refractivity contribution in [1.29, 1.82) is 0 Å². The number of esters is 1. The van der Waals surface area contributed by atoms with Crippen LogP contribution in [0.25, 0.3) is 11.0 Å². The first-order valence-electron chi connectivity index (χ1n) is 10.2. The number of carbonyl (C=O) groups is 1. The largest absolute Gasteiger partial charge is 0.466 e. The van der Waals surface area contributed by atoms with Gasteiger partial charge in [0.1, 0.15) is 24.4 Å². The van der Waals surface area contributed by atoms with Gasteiger partial charge in [0.25, 0.3) is 0 Å². The fraction of sp³-hybridized carbons (Fsp3) is 0.391. The van der Waals surface area contributed by atoms with E-state index in [1.165, 1.54) is 4.90 Å². The van der Waals surface area contributed by atoms with Gasteiger partial charge in [-0.25, -0.2) is 4.79 Å². The van der Waals surface area contributed by atoms with E-state index < -0.39 is 5.63 Å². The Morgan fingerprint density at radius 1 is 1.27 bits per heavy atom. The highest BCUT2D eigenvalue weighted by atomic mass is 16.5. The number of hydrogen-bond acceptors (Lipinski definition) is 6. The summed E-state index contributed by atoms with van der Waals surface area (Å²) in [5.41, 5.74) is 3.40. The molecule has 1 aliphatic heterocycles. The monoisotopic (exact) mass is 412 g/mol. The molecular weight excluding hydrogens is 386 g/mol. The van der Waals surface area contributed by atoms with Crippen LogP contribution in [0, 0.1) is 13.8 Å². The number of benzene rings is 1. The number of fused-ring (bicyclic) bond motifs is 2. The molecule has 4 rings (SSSR count). The van der Waals surface area contributed by atoms with Gasteiger partial charge in [0.05, 0.1) is 12.9 Å². The van der Waals surface area contributed by atoms with Gasteiger partial charge < -0.3 is 18.3 Å². The molecule has 0 saturated heterocycles. The molecule has 0 radical (unpaired) electrons. The molecule has 0 saturated carbocycles. The van der Waals surface area contributed by atoms with Crippen LogP contribution in [0.5, 0.6) is 5.75 Å². The summed E-state index contributed by atoms with van der Waals surface area (Å²) in [6.07, 6.45) is 2.12. The molecule has 0 amide bonds. The van der Waals surface area contributed by atoms with Crippen molar-refractivity contribution in [2.75, 3.05) is 13.3 Å². The van der Waals surface area contributed by atoms with Crippen LogP contribution >= 0.6 is 0 Å². The topological polar surface area (TPSA) is 83.3 Å². The second kappa shape index (κ2) is 8.36. The second-order valence-corrected chi connectivity index (χ2v) is 7.64. The van der Waals surface area contributed by atoms with E-state index >= 15 is 0 Å². The zero-order chi connectivity index (χ0) is 21.3. The lowest BCUT2D eigenvalue weighted by molar-refractivity contribution is -0.946. The zero-order valence-electron chi connectivity index (χ0n) is 17.5. The molecule has 3 aromatic rings. The first-order chi connectivity index (χ1) is 14.5. The Kier molecular flexibility index (Phi) is 5.63. The molecule has 30 heavy (non-hydrogen) atoms. The molecule has 0 fully saturated rings. The number of hydrogen-bond donors (Lipinski definition) is 1. The molecule has 1 unspecified atom stereocenters. The van der Waals surface area contributed by atoms with Crippen LogP contribution in [0.2, 0.25) is 0 Å². The van der Waals surface area contributed by atoms with Gasteiger partial charge in [-0.3, -0.25) is 9.69 Å². The second-order valence-electron chi connectivity index (χ2n) is 7.64. The van der Waals surface area contributed by atoms with Gasteiger partial charge in [0.2, 0.25) is 6.73 Å². The molecule has 0 spiro atoms. The normalized spacial score (nSPS) is 15.6. The highest BCUT2D eigenvalue weighted by molar-refractivity contribution is 5.87. The number of quaternary nitrogens is 1. The number of nitrogens with one attached hydrogen (secondary N) is 1. The highest BCUT2D eigenvalue weighted by Gasteiger charge is 2.26. The predicted octanol–water partition coefficient (Wildman–Crippen LogP) is 2.43. The van der Waals surface area contributed by atoms with E-state index in [2.05, 4.69) is 0 Å². The number of rotatable bonds is 6. The van der Waals surface area contributed by atoms with Crippen molar-refractivity contribution in [3.05, 3.63) is 62.9 Å². The summed E-state index contributed by atoms with van der Waals surface area (Å²) >= 11 is 0. The summed E-state index contributed by atoms with van der Waals surface area (Å²) in [6.45, 7) is 7.94. The molecule has 3 heterocycles. The fourth-order valence-corrected chi connectivity index (χ4v) is 4.08. The van der Waals surface area contributed by atoms with E-state index in [1.54, 1.807) is 13.2 Å². The van der Waals surface area contributed by atoms with E-state index in [1.807, 2.05) is 32.0 Å². The van der Waals surface area contributed by atoms with E-state index in [0.717, 1.165) is 46.7 Å². The highest BCUT2D eigenvalue weighted by Crippen LogP contribution is 2.34. The maximum Gasteiger partial charge on any atom is 0.339 e. The summed E-state index contributed by atoms with van der Waals surface area (Å²) in [6, 6.07) is 5.89. The van der Waals surface area contributed by atoms with Crippen LogP contribution in [0.1, 0.15) is 41.4 Å². The number of ether oxygens (including phenoxy) is 2. The molecule has 1 atom stereocenters. The van der Waals surface area contributed by atoms with E-state index in [9.17, 15) is 9.59 Å². The van der Waals surface area contributed by atoms with Crippen molar-refractivity contribution < 1.29 is 28.0 Å². The minimum atomic E-state index is -0.409. The lowest BCUT2D eigenvalue weighted by atomic mass is 9.97. The Morgan fingerprint density at radius 3 is 2.83 bits per heavy atom. The smallest absolute Gasteiger partial charge is 0.339 e. The SMILES string of the molecule is CCOC(=O)CCc1c(C)c2cc3c(c(C)c2oc1=O)OC[NH+](Cc1ccco1)C3. The Morgan fingerprint density at radius 2 is 2.10 bits per heavy atom. The Bertz CT molecular complexity index is 1130. The first-order valence-corrected chi connectivity index (χ1v) is 10.2. The first kappa shape index (κ1) is 20.2. The molecule has 0 aliphatic carbocycles. The van der Waals surface area contributed by atoms with Crippen LogP contribution in [0.15, 0.2) is 38.1 Å². The van der Waals surface area contributed by atoms with Gasteiger partial charge in [0.15, 0.2) is 5.76 Å². The molecule has 0 bridgehead atoms. The maximum atomic E-state index is 12.6. The molecule has 7 nitrogen and oxygen atoms in total. The Balaban J connectivity index is 1.67. The van der Waals surface area contributed by atoms with Crippen molar-refractivity contribution in [1.82, 2.24) is 0 Å². The van der Waals surface area contributed by atoms with Crippen molar-refractivity contribution in [2.45, 2.75) is 46.7 Å². The summed E-state index contributed by atoms with van der Waals surface area (Å²) < 4.78 is 22.1. The third-order valence-electron chi connectivity index (χ3n) is 5.58. The lowest BCUT2D eigenvalue weighted by Gasteiger charge is -2.27. The third-order valence-corrected chi connectivity index (χ3v) is 5.58. The molecule has 2 aromatic heterocycles. The lowest BCUT2D eigenvalue weighted by Crippen LogP contribution is -3.10. The number of aryl methyl sites for hydroxylation is 2. The van der Waals surface area contributed by atoms with Gasteiger partial charge in [0, 0.05) is 28.5 Å². The summed E-state index contributed by atoms with van der Waals surface area (Å²) in [7, 11) is 0. The Labute approximate surface area is 174 Å². The van der Waals surface area contributed by atoms with Crippen LogP contribution < -0.4 is 15.3 Å². The molecule has 7 heteroatoms. The molecule has 1 N–H and O–H groups in total. The van der Waals surface area contributed by atoms with Crippen molar-refractivity contribution in [3.8, 4) is 5.75 Å². The van der Waals surface area contributed by atoms with Crippen LogP contribution in [-0.2, 0) is 29.0 Å². The molecule has 1 aromatic carbocycles. The average Bonchev–Trinajstić information content (AvgIpc) is 3.22. The van der Waals surface area contributed by atoms with Crippen LogP contribution in [0.4, 0.5) is 0 Å². The predicted molar refractivity (Wildman–Crippen MR) is 109 cm³/mol. The van der Waals surface area contributed by atoms with Gasteiger partial charge in [-0.1, -0.05) is 0 Å². The van der Waals surface area contributed by atoms with Gasteiger partial charge in [-0.05, 0) is 51.0 Å². The summed E-state index contributed by atoms with van der Waals surface area (Å²) in [5, 5.41) is 0.882. The molecule has 158 valence electrons. The molecular formula is C23H26NO6+. The summed E-state index contributed by atoms with van der Waals surface area (Å²) in [4.78, 5) is 25.6. The van der Waals surface area contributed by atoms with Crippen molar-refractivity contribution in [2.24, 2.45) is 0 Å². The third kappa shape index (κ3) is 3.85. The minimum absolute atomic E-state index is 0.152. The summed E-state index contributed by atoms with van der Waals surface area (Å²) in [5.74, 6) is 1.38. The van der Waals surface area contributed by atoms with Crippen LogP contribution in [-0.4, -0.2) is 19.3 Å². The Hall–Kier alpha value is -3.06. The quantitative estimate of drug-likeness (QED) is 0.495. The minimum Gasteiger partial charge on any atom is -0.466 e. The van der Waals surface area contributed by atoms with E-state index in [4.69, 9.17) is 18.3 Å². The van der Waals surface area contributed by atoms with Crippen molar-refractivity contribution >= 4 is 16.9 Å². The molecule has 1 aliphatic rings. The van der Waals surface area contributed by atoms with Crippen molar-refractivity contribution in [3.63, 3.8) is 0 Å². The van der Waals surface area contributed by atoms with Gasteiger partial charge in [-0.2, -0.15) is 0 Å². The standard InChI is InChI=1S/C23H25NO6/c1-4-27-20(25)8-7-18-14(2)19-10-16-11-24(12-17-6-5-9-28-17)13-29-21(16)15(3)22(19)30-23(18)26/h5-6,9-10H,4,7-8,11-13H2,1-3H3/p+1.